The average molecular weight is 729 g/mol. The van der Waals surface area contributed by atoms with Crippen LogP contribution in [0.4, 0.5) is 0 Å². The van der Waals surface area contributed by atoms with E-state index in [1.54, 1.807) is 14.2 Å². The van der Waals surface area contributed by atoms with E-state index >= 15 is 0 Å². The van der Waals surface area contributed by atoms with E-state index in [0.29, 0.717) is 0 Å². The maximum Gasteiger partial charge on any atom is 0.123 e. The van der Waals surface area contributed by atoms with E-state index in [4.69, 9.17) is 15.2 Å². The summed E-state index contributed by atoms with van der Waals surface area (Å²) in [7, 11) is 3.49. The van der Waals surface area contributed by atoms with Crippen molar-refractivity contribution in [3.8, 4) is 11.5 Å². The van der Waals surface area contributed by atoms with Crippen LogP contribution in [0, 0.1) is 0 Å². The highest BCUT2D eigenvalue weighted by atomic mass is 35.5. The van der Waals surface area contributed by atoms with E-state index in [9.17, 15) is 0 Å². The molecule has 0 aliphatic heterocycles. The van der Waals surface area contributed by atoms with E-state index in [1.165, 1.54) is 121 Å². The Labute approximate surface area is 306 Å². The summed E-state index contributed by atoms with van der Waals surface area (Å²) in [5.74, 6) is 1.95. The van der Waals surface area contributed by atoms with Crippen molar-refractivity contribution in [3.63, 3.8) is 0 Å². The molecule has 0 heterocycles. The lowest BCUT2D eigenvalue weighted by Crippen LogP contribution is -2.27. The first kappa shape index (κ1) is 49.4. The molecule has 0 saturated heterocycles. The second kappa shape index (κ2) is 35.3. The number of nitrogens with one attached hydrogen (secondary N) is 2. The molecule has 0 saturated carbocycles. The van der Waals surface area contributed by atoms with Crippen molar-refractivity contribution in [1.29, 1.82) is 0 Å². The molecule has 46 heavy (non-hydrogen) atoms. The van der Waals surface area contributed by atoms with Crippen molar-refractivity contribution in [1.82, 2.24) is 15.5 Å². The lowest BCUT2D eigenvalue weighted by atomic mass is 10.1. The highest BCUT2D eigenvalue weighted by molar-refractivity contribution is 5.86. The Morgan fingerprint density at radius 2 is 0.848 bits per heavy atom. The molecule has 2 aromatic rings. The Hall–Kier alpha value is -0.960. The van der Waals surface area contributed by atoms with Crippen LogP contribution in [0.1, 0.15) is 101 Å². The van der Waals surface area contributed by atoms with Gasteiger partial charge in [-0.1, -0.05) is 87.8 Å². The zero-order valence-electron chi connectivity index (χ0n) is 28.6. The van der Waals surface area contributed by atoms with Crippen LogP contribution in [0.2, 0.25) is 0 Å². The molecule has 0 bridgehead atoms. The molecule has 0 spiro atoms. The molecular formula is C36H66Cl4N4O2. The molecule has 0 fully saturated rings. The number of nitrogens with zero attached hydrogens (tertiary/aromatic N) is 1. The van der Waals surface area contributed by atoms with Crippen molar-refractivity contribution < 1.29 is 9.47 Å². The lowest BCUT2D eigenvalue weighted by molar-refractivity contribution is 0.254. The third-order valence-corrected chi connectivity index (χ3v) is 8.10. The fraction of sp³-hybridized carbons (Fsp3) is 0.667. The van der Waals surface area contributed by atoms with Gasteiger partial charge >= 0.3 is 0 Å². The van der Waals surface area contributed by atoms with Gasteiger partial charge in [0.25, 0.3) is 0 Å². The molecule has 4 N–H and O–H groups in total. The summed E-state index contributed by atoms with van der Waals surface area (Å²) in [6, 6.07) is 16.6. The van der Waals surface area contributed by atoms with Crippen molar-refractivity contribution >= 4 is 49.6 Å². The first-order chi connectivity index (χ1) is 20.8. The lowest BCUT2D eigenvalue weighted by Gasteiger charge is -2.22. The van der Waals surface area contributed by atoms with Gasteiger partial charge in [0.15, 0.2) is 0 Å². The minimum Gasteiger partial charge on any atom is -0.496 e. The normalized spacial score (nSPS) is 10.3. The fourth-order valence-electron chi connectivity index (χ4n) is 5.54. The average Bonchev–Trinajstić information content (AvgIpc) is 3.02. The van der Waals surface area contributed by atoms with E-state index in [1.807, 2.05) is 24.3 Å². The van der Waals surface area contributed by atoms with Gasteiger partial charge in [-0.15, -0.1) is 49.6 Å². The van der Waals surface area contributed by atoms with E-state index < -0.39 is 0 Å². The van der Waals surface area contributed by atoms with Gasteiger partial charge < -0.3 is 30.7 Å². The van der Waals surface area contributed by atoms with Gasteiger partial charge in [0.2, 0.25) is 0 Å². The zero-order valence-corrected chi connectivity index (χ0v) is 31.9. The summed E-state index contributed by atoms with van der Waals surface area (Å²) in [5.41, 5.74) is 8.11. The molecule has 0 aliphatic rings. The summed E-state index contributed by atoms with van der Waals surface area (Å²) >= 11 is 0. The third kappa shape index (κ3) is 24.2. The molecule has 0 radical (unpaired) electrons. The smallest absolute Gasteiger partial charge is 0.123 e. The van der Waals surface area contributed by atoms with Crippen LogP contribution in [-0.2, 0) is 13.1 Å². The number of para-hydroxylation sites is 2. The molecule has 2 rings (SSSR count). The predicted octanol–water partition coefficient (Wildman–Crippen LogP) is 8.99. The Morgan fingerprint density at radius 3 is 1.24 bits per heavy atom. The van der Waals surface area contributed by atoms with Gasteiger partial charge in [-0.3, -0.25) is 0 Å². The number of ether oxygens (including phenoxy) is 2. The Bertz CT molecular complexity index is 850. The first-order valence-corrected chi connectivity index (χ1v) is 16.9. The predicted molar refractivity (Wildman–Crippen MR) is 209 cm³/mol. The number of rotatable bonds is 28. The zero-order chi connectivity index (χ0) is 29.9. The van der Waals surface area contributed by atoms with Crippen LogP contribution in [-0.4, -0.2) is 58.4 Å². The quantitative estimate of drug-likeness (QED) is 0.0761. The molecule has 0 aliphatic carbocycles. The highest BCUT2D eigenvalue weighted by Crippen LogP contribution is 2.18. The van der Waals surface area contributed by atoms with Crippen LogP contribution in [0.15, 0.2) is 48.5 Å². The Balaban J connectivity index is -0.00000462. The van der Waals surface area contributed by atoms with Gasteiger partial charge in [-0.25, -0.2) is 0 Å². The standard InChI is InChI=1S/C36H62N4O2.4ClH/c1-41-35-23-13-11-21-33(35)31-38-26-16-6-9-19-29-40(28-18-8-4-3-5-15-25-37)30-20-10-7-17-27-39-32-34-22-12-14-24-36(34)42-2;;;;/h11-14,21-24,38-39H,3-10,15-20,25-32,37H2,1-2H3;4*1H. The second-order valence-corrected chi connectivity index (χ2v) is 11.6. The number of benzene rings is 2. The highest BCUT2D eigenvalue weighted by Gasteiger charge is 2.06. The minimum atomic E-state index is 0. The monoisotopic (exact) mass is 726 g/mol. The van der Waals surface area contributed by atoms with Gasteiger partial charge in [0.1, 0.15) is 11.5 Å². The molecule has 0 aromatic heterocycles. The summed E-state index contributed by atoms with van der Waals surface area (Å²) in [6.07, 6.45) is 18.2. The van der Waals surface area contributed by atoms with Crippen molar-refractivity contribution in [3.05, 3.63) is 59.7 Å². The van der Waals surface area contributed by atoms with E-state index in [2.05, 4.69) is 39.8 Å². The number of nitrogens with two attached hydrogens (primary N) is 1. The molecule has 10 heteroatoms. The fourth-order valence-corrected chi connectivity index (χ4v) is 5.54. The maximum absolute atomic E-state index is 5.64. The third-order valence-electron chi connectivity index (χ3n) is 8.10. The van der Waals surface area contributed by atoms with Crippen LogP contribution in [0.25, 0.3) is 0 Å². The van der Waals surface area contributed by atoms with E-state index in [-0.39, 0.29) is 49.6 Å². The van der Waals surface area contributed by atoms with Crippen LogP contribution in [0.3, 0.4) is 0 Å². The summed E-state index contributed by atoms with van der Waals surface area (Å²) < 4.78 is 10.9. The van der Waals surface area contributed by atoms with Gasteiger partial charge in [0, 0.05) is 24.2 Å². The number of halogens is 4. The molecule has 0 unspecified atom stereocenters. The van der Waals surface area contributed by atoms with Crippen molar-refractivity contribution in [2.75, 3.05) is 53.5 Å². The number of unbranched alkanes of at least 4 members (excludes halogenated alkanes) is 11. The Kier molecular flexibility index (Phi) is 38.0. The maximum atomic E-state index is 5.64. The molecule has 270 valence electrons. The minimum absolute atomic E-state index is 0. The molecule has 0 amide bonds. The summed E-state index contributed by atoms with van der Waals surface area (Å²) in [4.78, 5) is 2.75. The second-order valence-electron chi connectivity index (χ2n) is 11.6. The molecule has 0 atom stereocenters. The van der Waals surface area contributed by atoms with Crippen molar-refractivity contribution in [2.45, 2.75) is 103 Å². The number of hydrogen-bond donors (Lipinski definition) is 3. The molecule has 2 aromatic carbocycles. The largest absolute Gasteiger partial charge is 0.496 e. The van der Waals surface area contributed by atoms with E-state index in [0.717, 1.165) is 44.2 Å². The van der Waals surface area contributed by atoms with Crippen LogP contribution in [0.5, 0.6) is 11.5 Å². The van der Waals surface area contributed by atoms with Crippen LogP contribution >= 0.6 is 49.6 Å². The summed E-state index contributed by atoms with van der Waals surface area (Å²) in [6.45, 7) is 8.49. The van der Waals surface area contributed by atoms with Gasteiger partial charge in [-0.2, -0.15) is 0 Å². The molecular weight excluding hydrogens is 662 g/mol. The van der Waals surface area contributed by atoms with Gasteiger partial charge in [-0.05, 0) is 89.9 Å². The summed E-state index contributed by atoms with van der Waals surface area (Å²) in [5, 5.41) is 7.17. The number of methoxy groups -OCH3 is 2. The first-order valence-electron chi connectivity index (χ1n) is 16.9. The number of hydrogen-bond acceptors (Lipinski definition) is 6. The van der Waals surface area contributed by atoms with Crippen molar-refractivity contribution in [2.24, 2.45) is 5.73 Å². The topological polar surface area (TPSA) is 71.8 Å². The molecule has 6 nitrogen and oxygen atoms in total. The SMILES string of the molecule is COc1ccccc1CNCCCCCCN(CCCCCCCCN)CCCCCCNCc1ccccc1OC.Cl.Cl.Cl.Cl. The van der Waals surface area contributed by atoms with Gasteiger partial charge in [0.05, 0.1) is 14.2 Å². The van der Waals surface area contributed by atoms with Crippen LogP contribution < -0.4 is 25.8 Å². The Morgan fingerprint density at radius 1 is 0.500 bits per heavy atom.